The SMILES string of the molecule is CCc1nn(C)c(OCc2cccc(Cl)c2)c1N. The van der Waals surface area contributed by atoms with Crippen LogP contribution >= 0.6 is 11.6 Å². The first-order chi connectivity index (χ1) is 8.61. The second-order valence-electron chi connectivity index (χ2n) is 4.06. The second-order valence-corrected chi connectivity index (χ2v) is 4.50. The van der Waals surface area contributed by atoms with Crippen LogP contribution in [0.4, 0.5) is 5.69 Å². The summed E-state index contributed by atoms with van der Waals surface area (Å²) in [6.07, 6.45) is 0.792. The molecule has 0 aliphatic heterocycles. The van der Waals surface area contributed by atoms with Gasteiger partial charge in [-0.1, -0.05) is 30.7 Å². The molecular weight excluding hydrogens is 250 g/mol. The minimum atomic E-state index is 0.424. The maximum atomic E-state index is 5.97. The molecule has 0 fully saturated rings. The van der Waals surface area contributed by atoms with Crippen LogP contribution in [-0.4, -0.2) is 9.78 Å². The van der Waals surface area contributed by atoms with Gasteiger partial charge in [0.15, 0.2) is 0 Å². The minimum Gasteiger partial charge on any atom is -0.471 e. The number of aryl methyl sites for hydroxylation is 2. The van der Waals surface area contributed by atoms with E-state index >= 15 is 0 Å². The monoisotopic (exact) mass is 265 g/mol. The van der Waals surface area contributed by atoms with E-state index in [2.05, 4.69) is 5.10 Å². The quantitative estimate of drug-likeness (QED) is 0.925. The van der Waals surface area contributed by atoms with E-state index in [1.54, 1.807) is 4.68 Å². The number of halogens is 1. The molecular formula is C13H16ClN3O. The second kappa shape index (κ2) is 5.31. The molecule has 1 aromatic heterocycles. The fourth-order valence-electron chi connectivity index (χ4n) is 1.79. The van der Waals surface area contributed by atoms with Gasteiger partial charge in [-0.2, -0.15) is 5.10 Å². The van der Waals surface area contributed by atoms with Gasteiger partial charge in [0.25, 0.3) is 0 Å². The van der Waals surface area contributed by atoms with Gasteiger partial charge in [0, 0.05) is 12.1 Å². The lowest BCUT2D eigenvalue weighted by molar-refractivity contribution is 0.280. The van der Waals surface area contributed by atoms with Crippen LogP contribution in [-0.2, 0) is 20.1 Å². The van der Waals surface area contributed by atoms with Crippen molar-refractivity contribution < 1.29 is 4.74 Å². The van der Waals surface area contributed by atoms with Crippen LogP contribution < -0.4 is 10.5 Å². The van der Waals surface area contributed by atoms with Crippen molar-refractivity contribution in [3.05, 3.63) is 40.5 Å². The Morgan fingerprint density at radius 1 is 1.44 bits per heavy atom. The minimum absolute atomic E-state index is 0.424. The van der Waals surface area contributed by atoms with E-state index in [0.29, 0.717) is 23.2 Å². The van der Waals surface area contributed by atoms with Gasteiger partial charge in [0.1, 0.15) is 12.3 Å². The Morgan fingerprint density at radius 3 is 2.83 bits per heavy atom. The Hall–Kier alpha value is -1.68. The molecule has 0 amide bonds. The van der Waals surface area contributed by atoms with Gasteiger partial charge in [-0.25, -0.2) is 4.68 Å². The van der Waals surface area contributed by atoms with Gasteiger partial charge in [0.05, 0.1) is 5.69 Å². The maximum absolute atomic E-state index is 5.97. The Bertz CT molecular complexity index is 551. The lowest BCUT2D eigenvalue weighted by Crippen LogP contribution is -2.02. The van der Waals surface area contributed by atoms with Crippen molar-refractivity contribution in [2.24, 2.45) is 7.05 Å². The van der Waals surface area contributed by atoms with Crippen molar-refractivity contribution in [2.75, 3.05) is 5.73 Å². The van der Waals surface area contributed by atoms with E-state index in [0.717, 1.165) is 17.7 Å². The van der Waals surface area contributed by atoms with Gasteiger partial charge >= 0.3 is 0 Å². The molecule has 2 N–H and O–H groups in total. The lowest BCUT2D eigenvalue weighted by Gasteiger charge is -2.07. The number of ether oxygens (including phenoxy) is 1. The molecule has 96 valence electrons. The Labute approximate surface area is 111 Å². The summed E-state index contributed by atoms with van der Waals surface area (Å²) >= 11 is 5.92. The zero-order valence-electron chi connectivity index (χ0n) is 10.5. The molecule has 18 heavy (non-hydrogen) atoms. The third kappa shape index (κ3) is 2.59. The number of nitrogens with zero attached hydrogens (tertiary/aromatic N) is 2. The van der Waals surface area contributed by atoms with E-state index in [-0.39, 0.29) is 0 Å². The fourth-order valence-corrected chi connectivity index (χ4v) is 2.00. The van der Waals surface area contributed by atoms with Gasteiger partial charge in [-0.05, 0) is 24.1 Å². The van der Waals surface area contributed by atoms with E-state index in [9.17, 15) is 0 Å². The molecule has 0 bridgehead atoms. The van der Waals surface area contributed by atoms with E-state index in [4.69, 9.17) is 22.1 Å². The summed E-state index contributed by atoms with van der Waals surface area (Å²) in [7, 11) is 1.82. The smallest absolute Gasteiger partial charge is 0.236 e. The van der Waals surface area contributed by atoms with E-state index < -0.39 is 0 Å². The molecule has 1 aromatic carbocycles. The fraction of sp³-hybridized carbons (Fsp3) is 0.308. The summed E-state index contributed by atoms with van der Waals surface area (Å²) in [4.78, 5) is 0. The van der Waals surface area contributed by atoms with Crippen molar-refractivity contribution in [3.8, 4) is 5.88 Å². The van der Waals surface area contributed by atoms with Gasteiger partial charge < -0.3 is 10.5 Å². The highest BCUT2D eigenvalue weighted by Crippen LogP contribution is 2.25. The summed E-state index contributed by atoms with van der Waals surface area (Å²) in [5.41, 5.74) is 8.45. The van der Waals surface area contributed by atoms with Crippen molar-refractivity contribution in [1.82, 2.24) is 9.78 Å². The summed E-state index contributed by atoms with van der Waals surface area (Å²) in [6.45, 7) is 2.44. The highest BCUT2D eigenvalue weighted by atomic mass is 35.5. The van der Waals surface area contributed by atoms with E-state index in [1.807, 2.05) is 38.2 Å². The van der Waals surface area contributed by atoms with E-state index in [1.165, 1.54) is 0 Å². The molecule has 0 saturated carbocycles. The Morgan fingerprint density at radius 2 is 2.22 bits per heavy atom. The van der Waals surface area contributed by atoms with Gasteiger partial charge in [0.2, 0.25) is 5.88 Å². The predicted octanol–water partition coefficient (Wildman–Crippen LogP) is 2.80. The number of nitrogens with two attached hydrogens (primary N) is 1. The highest BCUT2D eigenvalue weighted by Gasteiger charge is 2.13. The number of rotatable bonds is 4. The number of benzene rings is 1. The predicted molar refractivity (Wildman–Crippen MR) is 72.8 cm³/mol. The summed E-state index contributed by atoms with van der Waals surface area (Å²) < 4.78 is 7.37. The molecule has 0 atom stereocenters. The zero-order valence-corrected chi connectivity index (χ0v) is 11.2. The number of anilines is 1. The molecule has 2 aromatic rings. The maximum Gasteiger partial charge on any atom is 0.236 e. The first-order valence-electron chi connectivity index (χ1n) is 5.80. The first kappa shape index (κ1) is 12.8. The standard InChI is InChI=1S/C13H16ClN3O/c1-3-11-12(15)13(17(2)16-11)18-8-9-5-4-6-10(14)7-9/h4-7H,3,8,15H2,1-2H3. The highest BCUT2D eigenvalue weighted by molar-refractivity contribution is 6.30. The molecule has 1 heterocycles. The van der Waals surface area contributed by atoms with Crippen LogP contribution in [0.3, 0.4) is 0 Å². The van der Waals surface area contributed by atoms with Crippen LogP contribution in [0.5, 0.6) is 5.88 Å². The van der Waals surface area contributed by atoms with Crippen molar-refractivity contribution >= 4 is 17.3 Å². The molecule has 0 spiro atoms. The molecule has 2 rings (SSSR count). The Balaban J connectivity index is 2.13. The van der Waals surface area contributed by atoms with Crippen LogP contribution in [0.25, 0.3) is 0 Å². The average Bonchev–Trinajstić information content (AvgIpc) is 2.62. The van der Waals surface area contributed by atoms with Crippen molar-refractivity contribution in [1.29, 1.82) is 0 Å². The molecule has 0 aliphatic carbocycles. The summed E-state index contributed by atoms with van der Waals surface area (Å²) in [5, 5.41) is 5.00. The zero-order chi connectivity index (χ0) is 13.1. The topological polar surface area (TPSA) is 53.1 Å². The summed E-state index contributed by atoms with van der Waals surface area (Å²) in [5.74, 6) is 0.604. The van der Waals surface area contributed by atoms with Gasteiger partial charge in [-0.15, -0.1) is 0 Å². The van der Waals surface area contributed by atoms with Crippen LogP contribution in [0.15, 0.2) is 24.3 Å². The molecule has 4 nitrogen and oxygen atoms in total. The normalized spacial score (nSPS) is 10.6. The lowest BCUT2D eigenvalue weighted by atomic mass is 10.2. The summed E-state index contributed by atoms with van der Waals surface area (Å²) in [6, 6.07) is 7.55. The molecule has 0 aliphatic rings. The van der Waals surface area contributed by atoms with Crippen LogP contribution in [0, 0.1) is 0 Å². The number of nitrogen functional groups attached to an aromatic ring is 1. The third-order valence-corrected chi connectivity index (χ3v) is 2.94. The molecule has 0 unspecified atom stereocenters. The third-order valence-electron chi connectivity index (χ3n) is 2.71. The largest absolute Gasteiger partial charge is 0.471 e. The number of aromatic nitrogens is 2. The number of hydrogen-bond acceptors (Lipinski definition) is 3. The first-order valence-corrected chi connectivity index (χ1v) is 6.18. The van der Waals surface area contributed by atoms with Crippen LogP contribution in [0.2, 0.25) is 5.02 Å². The average molecular weight is 266 g/mol. The van der Waals surface area contributed by atoms with Crippen molar-refractivity contribution in [3.63, 3.8) is 0 Å². The molecule has 0 radical (unpaired) electrons. The molecule has 0 saturated heterocycles. The van der Waals surface area contributed by atoms with Crippen LogP contribution in [0.1, 0.15) is 18.2 Å². The van der Waals surface area contributed by atoms with Gasteiger partial charge in [-0.3, -0.25) is 0 Å². The molecule has 5 heteroatoms. The van der Waals surface area contributed by atoms with Crippen molar-refractivity contribution in [2.45, 2.75) is 20.0 Å². The number of hydrogen-bond donors (Lipinski definition) is 1. The Kier molecular flexibility index (Phi) is 3.77.